The van der Waals surface area contributed by atoms with Gasteiger partial charge in [0.2, 0.25) is 11.6 Å². The molecule has 0 heterocycles. The summed E-state index contributed by atoms with van der Waals surface area (Å²) in [5.41, 5.74) is 0.814. The summed E-state index contributed by atoms with van der Waals surface area (Å²) < 4.78 is 69.1. The molecule has 0 aliphatic heterocycles. The SMILES string of the molecule is C=CCCOc1ccc(OC(=O)C2CCC(c3ccc(C4CCC(C)CC4)c(F)c3F)CC2)c(F)c1F. The average Bonchev–Trinajstić information content (AvgIpc) is 2.90. The summed E-state index contributed by atoms with van der Waals surface area (Å²) in [6.07, 6.45) is 7.60. The van der Waals surface area contributed by atoms with Crippen LogP contribution in [0.25, 0.3) is 0 Å². The van der Waals surface area contributed by atoms with E-state index < -0.39 is 40.9 Å². The van der Waals surface area contributed by atoms with Crippen molar-refractivity contribution in [1.29, 1.82) is 0 Å². The van der Waals surface area contributed by atoms with E-state index in [0.717, 1.165) is 31.7 Å². The van der Waals surface area contributed by atoms with E-state index in [4.69, 9.17) is 9.47 Å². The fourth-order valence-electron chi connectivity index (χ4n) is 5.57. The number of ether oxygens (including phenoxy) is 2. The number of halogens is 4. The van der Waals surface area contributed by atoms with E-state index in [1.165, 1.54) is 6.07 Å². The lowest BCUT2D eigenvalue weighted by molar-refractivity contribution is -0.140. The van der Waals surface area contributed by atoms with Crippen molar-refractivity contribution >= 4 is 5.97 Å². The molecule has 0 N–H and O–H groups in total. The van der Waals surface area contributed by atoms with Crippen LogP contribution in [0.4, 0.5) is 17.6 Å². The zero-order chi connectivity index (χ0) is 26.5. The fourth-order valence-corrected chi connectivity index (χ4v) is 5.57. The highest BCUT2D eigenvalue weighted by Crippen LogP contribution is 2.41. The monoisotopic (exact) mass is 518 g/mol. The van der Waals surface area contributed by atoms with E-state index in [1.807, 2.05) is 0 Å². The van der Waals surface area contributed by atoms with Gasteiger partial charge in [0.15, 0.2) is 23.1 Å². The molecule has 0 radical (unpaired) electrons. The van der Waals surface area contributed by atoms with Gasteiger partial charge in [-0.1, -0.05) is 38.0 Å². The number of hydrogen-bond acceptors (Lipinski definition) is 3. The number of carbonyl (C=O) groups is 1. The molecular formula is C30H34F4O3. The van der Waals surface area contributed by atoms with E-state index >= 15 is 8.78 Å². The van der Waals surface area contributed by atoms with Crippen molar-refractivity contribution in [3.05, 3.63) is 71.3 Å². The molecule has 0 spiro atoms. The van der Waals surface area contributed by atoms with Crippen LogP contribution in [-0.2, 0) is 4.79 Å². The van der Waals surface area contributed by atoms with Crippen LogP contribution in [0.1, 0.15) is 87.7 Å². The second-order valence-corrected chi connectivity index (χ2v) is 10.4. The van der Waals surface area contributed by atoms with Gasteiger partial charge in [-0.2, -0.15) is 8.78 Å². The largest absolute Gasteiger partial charge is 0.490 e. The molecular weight excluding hydrogens is 484 g/mol. The third-order valence-electron chi connectivity index (χ3n) is 7.90. The average molecular weight is 519 g/mol. The third kappa shape index (κ3) is 6.19. The Labute approximate surface area is 215 Å². The van der Waals surface area contributed by atoms with Gasteiger partial charge in [0.1, 0.15) is 0 Å². The predicted molar refractivity (Wildman–Crippen MR) is 134 cm³/mol. The maximum atomic E-state index is 15.1. The second kappa shape index (κ2) is 12.1. The van der Waals surface area contributed by atoms with Crippen LogP contribution in [0.2, 0.25) is 0 Å². The van der Waals surface area contributed by atoms with Crippen molar-refractivity contribution in [1.82, 2.24) is 0 Å². The quantitative estimate of drug-likeness (QED) is 0.116. The van der Waals surface area contributed by atoms with Crippen molar-refractivity contribution in [2.75, 3.05) is 6.61 Å². The van der Waals surface area contributed by atoms with Crippen LogP contribution in [0.15, 0.2) is 36.9 Å². The molecule has 0 unspecified atom stereocenters. The normalized spacial score (nSPS) is 23.9. The highest BCUT2D eigenvalue weighted by atomic mass is 19.2. The minimum Gasteiger partial charge on any atom is -0.490 e. The van der Waals surface area contributed by atoms with E-state index in [9.17, 15) is 13.6 Å². The molecule has 3 nitrogen and oxygen atoms in total. The molecule has 0 atom stereocenters. The number of benzene rings is 2. The Balaban J connectivity index is 1.35. The zero-order valence-electron chi connectivity index (χ0n) is 21.2. The standard InChI is InChI=1S/C30H34F4O3/c1-3-4-17-36-24-15-16-25(29(34)28(24)33)37-30(35)21-11-9-20(10-12-21)23-14-13-22(26(31)27(23)32)19-7-5-18(2)6-8-19/h3,13-16,18-21H,1,4-12,17H2,2H3. The highest BCUT2D eigenvalue weighted by Gasteiger charge is 2.32. The van der Waals surface area contributed by atoms with Gasteiger partial charge in [0, 0.05) is 0 Å². The Morgan fingerprint density at radius 3 is 1.89 bits per heavy atom. The summed E-state index contributed by atoms with van der Waals surface area (Å²) >= 11 is 0. The molecule has 0 aromatic heterocycles. The number of carbonyl (C=O) groups excluding carboxylic acids is 1. The molecule has 0 bridgehead atoms. The fraction of sp³-hybridized carbons (Fsp3) is 0.500. The molecule has 37 heavy (non-hydrogen) atoms. The van der Waals surface area contributed by atoms with Crippen molar-refractivity contribution < 1.29 is 31.8 Å². The van der Waals surface area contributed by atoms with Crippen LogP contribution < -0.4 is 9.47 Å². The number of hydrogen-bond donors (Lipinski definition) is 0. The van der Waals surface area contributed by atoms with E-state index in [0.29, 0.717) is 49.1 Å². The van der Waals surface area contributed by atoms with Gasteiger partial charge in [-0.3, -0.25) is 4.79 Å². The molecule has 200 valence electrons. The van der Waals surface area contributed by atoms with E-state index in [1.54, 1.807) is 18.2 Å². The maximum Gasteiger partial charge on any atom is 0.314 e. The molecule has 2 aromatic rings. The maximum absolute atomic E-state index is 15.1. The molecule has 2 fully saturated rings. The third-order valence-corrected chi connectivity index (χ3v) is 7.90. The molecule has 0 saturated heterocycles. The summed E-state index contributed by atoms with van der Waals surface area (Å²) in [6, 6.07) is 5.82. The Bertz CT molecular complexity index is 1120. The lowest BCUT2D eigenvalue weighted by Crippen LogP contribution is -2.26. The molecule has 2 aliphatic rings. The Morgan fingerprint density at radius 1 is 0.811 bits per heavy atom. The summed E-state index contributed by atoms with van der Waals surface area (Å²) in [5.74, 6) is -5.51. The van der Waals surface area contributed by atoms with Crippen molar-refractivity contribution in [3.63, 3.8) is 0 Å². The van der Waals surface area contributed by atoms with Gasteiger partial charge in [-0.05, 0) is 86.0 Å². The molecule has 0 amide bonds. The molecule has 2 saturated carbocycles. The van der Waals surface area contributed by atoms with Gasteiger partial charge < -0.3 is 9.47 Å². The van der Waals surface area contributed by atoms with Gasteiger partial charge in [0.05, 0.1) is 12.5 Å². The summed E-state index contributed by atoms with van der Waals surface area (Å²) in [4.78, 5) is 12.6. The number of esters is 1. The van der Waals surface area contributed by atoms with E-state index in [2.05, 4.69) is 13.5 Å². The first-order valence-corrected chi connectivity index (χ1v) is 13.2. The highest BCUT2D eigenvalue weighted by molar-refractivity contribution is 5.75. The first kappa shape index (κ1) is 27.2. The summed E-state index contributed by atoms with van der Waals surface area (Å²) in [6.45, 7) is 5.87. The van der Waals surface area contributed by atoms with Crippen LogP contribution in [0.3, 0.4) is 0 Å². The minimum atomic E-state index is -1.29. The predicted octanol–water partition coefficient (Wildman–Crippen LogP) is 8.37. The first-order valence-electron chi connectivity index (χ1n) is 13.2. The lowest BCUT2D eigenvalue weighted by atomic mass is 9.76. The van der Waals surface area contributed by atoms with Crippen LogP contribution >= 0.6 is 0 Å². The smallest absolute Gasteiger partial charge is 0.314 e. The van der Waals surface area contributed by atoms with E-state index in [-0.39, 0.29) is 24.2 Å². The van der Waals surface area contributed by atoms with Crippen molar-refractivity contribution in [3.8, 4) is 11.5 Å². The number of rotatable bonds is 8. The topological polar surface area (TPSA) is 35.5 Å². The Hall–Kier alpha value is -2.83. The van der Waals surface area contributed by atoms with Crippen molar-refractivity contribution in [2.24, 2.45) is 11.8 Å². The zero-order valence-corrected chi connectivity index (χ0v) is 21.2. The minimum absolute atomic E-state index is 0.0586. The summed E-state index contributed by atoms with van der Waals surface area (Å²) in [5, 5.41) is 0. The second-order valence-electron chi connectivity index (χ2n) is 10.4. The van der Waals surface area contributed by atoms with Gasteiger partial charge >= 0.3 is 5.97 Å². The molecule has 7 heteroatoms. The first-order chi connectivity index (χ1) is 17.8. The molecule has 4 rings (SSSR count). The Kier molecular flexibility index (Phi) is 8.93. The van der Waals surface area contributed by atoms with Crippen LogP contribution in [0, 0.1) is 35.1 Å². The molecule has 2 aliphatic carbocycles. The lowest BCUT2D eigenvalue weighted by Gasteiger charge is -2.29. The van der Waals surface area contributed by atoms with Gasteiger partial charge in [-0.25, -0.2) is 8.78 Å². The Morgan fingerprint density at radius 2 is 1.32 bits per heavy atom. The van der Waals surface area contributed by atoms with Crippen LogP contribution in [-0.4, -0.2) is 12.6 Å². The van der Waals surface area contributed by atoms with Gasteiger partial charge in [0.25, 0.3) is 0 Å². The molecule has 2 aromatic carbocycles. The van der Waals surface area contributed by atoms with Crippen molar-refractivity contribution in [2.45, 2.75) is 76.5 Å². The summed E-state index contributed by atoms with van der Waals surface area (Å²) in [7, 11) is 0. The van der Waals surface area contributed by atoms with Gasteiger partial charge in [-0.15, -0.1) is 6.58 Å². The van der Waals surface area contributed by atoms with Crippen LogP contribution in [0.5, 0.6) is 11.5 Å².